The van der Waals surface area contributed by atoms with Gasteiger partial charge in [-0.25, -0.2) is 4.39 Å². The van der Waals surface area contributed by atoms with Gasteiger partial charge in [0.25, 0.3) is 0 Å². The van der Waals surface area contributed by atoms with Crippen molar-refractivity contribution < 1.29 is 9.13 Å². The van der Waals surface area contributed by atoms with Crippen LogP contribution in [-0.4, -0.2) is 12.6 Å². The van der Waals surface area contributed by atoms with Crippen molar-refractivity contribution in [1.82, 2.24) is 0 Å². The van der Waals surface area contributed by atoms with E-state index in [0.717, 1.165) is 18.5 Å². The van der Waals surface area contributed by atoms with Crippen molar-refractivity contribution in [1.29, 1.82) is 0 Å². The van der Waals surface area contributed by atoms with Crippen LogP contribution in [0.25, 0.3) is 0 Å². The molecule has 18 heavy (non-hydrogen) atoms. The second kappa shape index (κ2) is 5.17. The zero-order valence-electron chi connectivity index (χ0n) is 11.4. The molecule has 0 aliphatic heterocycles. The Hall–Kier alpha value is -1.25. The molecule has 0 aromatic heterocycles. The molecule has 0 amide bonds. The van der Waals surface area contributed by atoms with Crippen LogP contribution in [0.15, 0.2) is 18.2 Å². The molecule has 1 N–H and O–H groups in total. The van der Waals surface area contributed by atoms with Crippen molar-refractivity contribution in [3.05, 3.63) is 24.0 Å². The molecule has 1 saturated carbocycles. The average molecular weight is 251 g/mol. The molecule has 1 atom stereocenters. The van der Waals surface area contributed by atoms with E-state index in [-0.39, 0.29) is 5.82 Å². The summed E-state index contributed by atoms with van der Waals surface area (Å²) in [4.78, 5) is 0. The summed E-state index contributed by atoms with van der Waals surface area (Å²) in [5.41, 5.74) is 1.31. The van der Waals surface area contributed by atoms with Gasteiger partial charge < -0.3 is 10.1 Å². The van der Waals surface area contributed by atoms with E-state index in [1.807, 2.05) is 6.92 Å². The summed E-state index contributed by atoms with van der Waals surface area (Å²) >= 11 is 0. The number of nitrogens with one attached hydrogen (secondary N) is 1. The Balaban J connectivity index is 2.09. The number of halogens is 1. The minimum Gasteiger partial charge on any atom is -0.492 e. The van der Waals surface area contributed by atoms with Crippen molar-refractivity contribution in [3.8, 4) is 5.75 Å². The highest BCUT2D eigenvalue weighted by Gasteiger charge is 2.31. The lowest BCUT2D eigenvalue weighted by Crippen LogP contribution is -2.18. The fourth-order valence-corrected chi connectivity index (χ4v) is 2.67. The van der Waals surface area contributed by atoms with Crippen LogP contribution in [0.1, 0.15) is 40.0 Å². The van der Waals surface area contributed by atoms with E-state index in [2.05, 4.69) is 19.2 Å². The molecule has 100 valence electrons. The molecule has 0 bridgehead atoms. The van der Waals surface area contributed by atoms with Crippen LogP contribution in [0.3, 0.4) is 0 Å². The van der Waals surface area contributed by atoms with E-state index in [0.29, 0.717) is 23.8 Å². The van der Waals surface area contributed by atoms with Gasteiger partial charge in [0.2, 0.25) is 0 Å². The van der Waals surface area contributed by atoms with Crippen LogP contribution in [-0.2, 0) is 0 Å². The van der Waals surface area contributed by atoms with Gasteiger partial charge in [0.15, 0.2) is 0 Å². The quantitative estimate of drug-likeness (QED) is 0.865. The lowest BCUT2D eigenvalue weighted by Gasteiger charge is -2.20. The molecule has 0 radical (unpaired) electrons. The van der Waals surface area contributed by atoms with E-state index in [1.165, 1.54) is 18.6 Å². The highest BCUT2D eigenvalue weighted by Crippen LogP contribution is 2.39. The molecule has 3 heteroatoms. The molecule has 1 fully saturated rings. The Bertz CT molecular complexity index is 417. The first-order chi connectivity index (χ1) is 8.50. The molecule has 1 aromatic rings. The summed E-state index contributed by atoms with van der Waals surface area (Å²) in [5, 5.41) is 3.49. The number of benzene rings is 1. The van der Waals surface area contributed by atoms with Gasteiger partial charge in [-0.3, -0.25) is 0 Å². The van der Waals surface area contributed by atoms with Crippen molar-refractivity contribution in [2.75, 3.05) is 11.9 Å². The Morgan fingerprint density at radius 2 is 2.22 bits per heavy atom. The highest BCUT2D eigenvalue weighted by molar-refractivity contribution is 5.57. The molecule has 0 spiro atoms. The maximum Gasteiger partial charge on any atom is 0.145 e. The molecule has 1 aromatic carbocycles. The van der Waals surface area contributed by atoms with E-state index in [1.54, 1.807) is 6.07 Å². The van der Waals surface area contributed by atoms with E-state index < -0.39 is 0 Å². The van der Waals surface area contributed by atoms with Crippen LogP contribution < -0.4 is 10.1 Å². The third kappa shape index (κ3) is 3.15. The molecule has 0 heterocycles. The second-order valence-corrected chi connectivity index (χ2v) is 5.82. The summed E-state index contributed by atoms with van der Waals surface area (Å²) in [5.74, 6) is 0.359. The first-order valence-corrected chi connectivity index (χ1v) is 6.69. The molecule has 2 nitrogen and oxygen atoms in total. The zero-order chi connectivity index (χ0) is 13.2. The largest absolute Gasteiger partial charge is 0.492 e. The molecule has 2 rings (SSSR count). The summed E-state index contributed by atoms with van der Waals surface area (Å²) in [6, 6.07) is 5.16. The normalized spacial score (nSPS) is 21.9. The molecule has 1 aliphatic carbocycles. The van der Waals surface area contributed by atoms with Crippen molar-refractivity contribution in [2.45, 2.75) is 46.1 Å². The predicted molar refractivity (Wildman–Crippen MR) is 72.6 cm³/mol. The van der Waals surface area contributed by atoms with Crippen LogP contribution in [0.4, 0.5) is 10.1 Å². The summed E-state index contributed by atoms with van der Waals surface area (Å²) in [6.45, 7) is 7.05. The molecular weight excluding hydrogens is 229 g/mol. The summed E-state index contributed by atoms with van der Waals surface area (Å²) in [7, 11) is 0. The lowest BCUT2D eigenvalue weighted by molar-refractivity contribution is 0.339. The summed E-state index contributed by atoms with van der Waals surface area (Å²) < 4.78 is 18.7. The maximum absolute atomic E-state index is 13.2. The number of ether oxygens (including phenoxy) is 1. The van der Waals surface area contributed by atoms with Gasteiger partial charge in [-0.05, 0) is 43.7 Å². The topological polar surface area (TPSA) is 21.3 Å². The number of hydrogen-bond acceptors (Lipinski definition) is 2. The lowest BCUT2D eigenvalue weighted by atomic mass is 9.92. The van der Waals surface area contributed by atoms with Gasteiger partial charge in [-0.1, -0.05) is 13.8 Å². The monoisotopic (exact) mass is 251 g/mol. The minimum absolute atomic E-state index is 0.254. The second-order valence-electron chi connectivity index (χ2n) is 5.82. The van der Waals surface area contributed by atoms with Gasteiger partial charge in [-0.2, -0.15) is 0 Å². The Labute approximate surface area is 109 Å². The summed E-state index contributed by atoms with van der Waals surface area (Å²) in [6.07, 6.45) is 3.54. The van der Waals surface area contributed by atoms with Crippen LogP contribution in [0.2, 0.25) is 0 Å². The standard InChI is InChI=1S/C15H22FNO/c1-4-18-14-9-11(16)5-6-13(14)17-12-7-8-15(2,3)10-12/h5-6,9,12,17H,4,7-8,10H2,1-3H3. The Morgan fingerprint density at radius 1 is 1.44 bits per heavy atom. The first kappa shape index (κ1) is 13.2. The number of anilines is 1. The van der Waals surface area contributed by atoms with Crippen molar-refractivity contribution >= 4 is 5.69 Å². The SMILES string of the molecule is CCOc1cc(F)ccc1NC1CCC(C)(C)C1. The average Bonchev–Trinajstić information content (AvgIpc) is 2.62. The number of hydrogen-bond donors (Lipinski definition) is 1. The van der Waals surface area contributed by atoms with Gasteiger partial charge in [0.1, 0.15) is 11.6 Å². The predicted octanol–water partition coefficient (Wildman–Crippen LogP) is 4.22. The van der Waals surface area contributed by atoms with Crippen LogP contribution in [0.5, 0.6) is 5.75 Å². The molecule has 1 unspecified atom stereocenters. The van der Waals surface area contributed by atoms with E-state index in [4.69, 9.17) is 4.74 Å². The van der Waals surface area contributed by atoms with E-state index >= 15 is 0 Å². The maximum atomic E-state index is 13.2. The number of rotatable bonds is 4. The first-order valence-electron chi connectivity index (χ1n) is 6.69. The highest BCUT2D eigenvalue weighted by atomic mass is 19.1. The van der Waals surface area contributed by atoms with Crippen molar-refractivity contribution in [3.63, 3.8) is 0 Å². The fourth-order valence-electron chi connectivity index (χ4n) is 2.67. The Morgan fingerprint density at radius 3 is 2.83 bits per heavy atom. The van der Waals surface area contributed by atoms with E-state index in [9.17, 15) is 4.39 Å². The van der Waals surface area contributed by atoms with Crippen molar-refractivity contribution in [2.24, 2.45) is 5.41 Å². The van der Waals surface area contributed by atoms with Gasteiger partial charge in [0.05, 0.1) is 12.3 Å². The minimum atomic E-state index is -0.254. The third-order valence-electron chi connectivity index (χ3n) is 3.57. The Kier molecular flexibility index (Phi) is 3.79. The van der Waals surface area contributed by atoms with Gasteiger partial charge in [-0.15, -0.1) is 0 Å². The van der Waals surface area contributed by atoms with Gasteiger partial charge in [0, 0.05) is 12.1 Å². The third-order valence-corrected chi connectivity index (χ3v) is 3.57. The fraction of sp³-hybridized carbons (Fsp3) is 0.600. The van der Waals surface area contributed by atoms with Crippen LogP contribution >= 0.6 is 0 Å². The zero-order valence-corrected chi connectivity index (χ0v) is 11.4. The van der Waals surface area contributed by atoms with Gasteiger partial charge >= 0.3 is 0 Å². The van der Waals surface area contributed by atoms with Crippen LogP contribution in [0, 0.1) is 11.2 Å². The smallest absolute Gasteiger partial charge is 0.145 e. The molecule has 0 saturated heterocycles. The molecular formula is C15H22FNO. The molecule has 1 aliphatic rings.